The minimum absolute atomic E-state index is 0.0891. The third-order valence-electron chi connectivity index (χ3n) is 14.6. The number of hydrogen-bond donors (Lipinski definition) is 0. The number of carbonyl (C=O) groups excluding carboxylic acids is 3. The van der Waals surface area contributed by atoms with Crippen molar-refractivity contribution in [1.29, 1.82) is 0 Å². The summed E-state index contributed by atoms with van der Waals surface area (Å²) in [7, 11) is 0. The molecule has 0 aliphatic rings. The van der Waals surface area contributed by atoms with Gasteiger partial charge in [0.15, 0.2) is 6.10 Å². The quantitative estimate of drug-likeness (QED) is 0.0261. The first kappa shape index (κ1) is 75.3. The first-order valence-electron chi connectivity index (χ1n) is 33.7. The van der Waals surface area contributed by atoms with Crippen LogP contribution in [-0.2, 0) is 28.6 Å². The molecule has 454 valence electrons. The van der Waals surface area contributed by atoms with Crippen LogP contribution < -0.4 is 0 Å². The van der Waals surface area contributed by atoms with Gasteiger partial charge in [-0.1, -0.05) is 311 Å². The van der Waals surface area contributed by atoms with E-state index in [0.717, 1.165) is 103 Å². The second-order valence-electron chi connectivity index (χ2n) is 22.3. The van der Waals surface area contributed by atoms with Crippen molar-refractivity contribution >= 4 is 17.9 Å². The molecule has 6 nitrogen and oxygen atoms in total. The van der Waals surface area contributed by atoms with Gasteiger partial charge in [-0.15, -0.1) is 0 Å². The number of hydrogen-bond acceptors (Lipinski definition) is 6. The van der Waals surface area contributed by atoms with E-state index < -0.39 is 6.10 Å². The molecule has 6 heteroatoms. The molecule has 0 fully saturated rings. The maximum atomic E-state index is 12.8. The average molecular weight is 1100 g/mol. The first-order chi connectivity index (χ1) is 39.0. The predicted octanol–water partition coefficient (Wildman–Crippen LogP) is 23.2. The molecule has 0 aromatic carbocycles. The monoisotopic (exact) mass is 1100 g/mol. The van der Waals surface area contributed by atoms with E-state index in [0.29, 0.717) is 19.3 Å². The van der Waals surface area contributed by atoms with Gasteiger partial charge in [0, 0.05) is 19.3 Å². The Morgan fingerprint density at radius 2 is 0.494 bits per heavy atom. The lowest BCUT2D eigenvalue weighted by atomic mass is 10.0. The third-order valence-corrected chi connectivity index (χ3v) is 14.6. The maximum absolute atomic E-state index is 12.8. The topological polar surface area (TPSA) is 78.9 Å². The van der Waals surface area contributed by atoms with E-state index in [9.17, 15) is 14.4 Å². The van der Waals surface area contributed by atoms with Gasteiger partial charge in [-0.3, -0.25) is 14.4 Å². The predicted molar refractivity (Wildman–Crippen MR) is 344 cm³/mol. The Morgan fingerprint density at radius 1 is 0.266 bits per heavy atom. The summed E-state index contributed by atoms with van der Waals surface area (Å²) in [6.07, 6.45) is 90.3. The summed E-state index contributed by atoms with van der Waals surface area (Å²) in [5, 5.41) is 0. The summed E-state index contributed by atoms with van der Waals surface area (Å²) in [5.74, 6) is -0.918. The van der Waals surface area contributed by atoms with Crippen molar-refractivity contribution in [1.82, 2.24) is 0 Å². The van der Waals surface area contributed by atoms with Crippen LogP contribution >= 0.6 is 0 Å². The Bertz CT molecular complexity index is 1540. The van der Waals surface area contributed by atoms with Crippen LogP contribution in [0.2, 0.25) is 0 Å². The van der Waals surface area contributed by atoms with E-state index >= 15 is 0 Å². The maximum Gasteiger partial charge on any atom is 0.306 e. The Balaban J connectivity index is 4.08. The number of rotatable bonds is 61. The van der Waals surface area contributed by atoms with E-state index in [-0.39, 0.29) is 37.5 Å². The fraction of sp³-hybridized carbons (Fsp3) is 0.740. The molecule has 0 bridgehead atoms. The van der Waals surface area contributed by atoms with Crippen LogP contribution in [0.3, 0.4) is 0 Å². The number of unbranched alkanes of at least 4 members (excludes halogenated alkanes) is 34. The van der Waals surface area contributed by atoms with Crippen LogP contribution in [0.5, 0.6) is 0 Å². The van der Waals surface area contributed by atoms with Crippen molar-refractivity contribution in [3.05, 3.63) is 97.2 Å². The summed E-state index contributed by atoms with van der Waals surface area (Å²) >= 11 is 0. The zero-order valence-electron chi connectivity index (χ0n) is 52.1. The SMILES string of the molecule is CC/C=C\C/C=C\C/C=C\C/C=C\CCCCCCCCCCCCCCCCCCCCCCCCC(=O)OCC(COC(=O)CCCCCCCCCCCCC)OC(=O)CCCC/C=C\C/C=C\C/C=C\C/C=C\CC. The standard InChI is InChI=1S/C73H126O6/c1-4-7-10-13-16-19-22-24-26-27-28-29-30-31-32-33-34-35-36-37-38-39-40-41-42-43-44-45-47-48-51-54-57-60-63-66-72(75)78-69-70(68-77-71(74)65-62-59-56-53-50-21-18-15-12-9-6-3)79-73(76)67-64-61-58-55-52-49-46-25-23-20-17-14-11-8-5-2/h7-8,10-11,16-17,19-20,24-26,28-29,46,52,55,70H,4-6,9,12-15,18,21-23,27,30-45,47-51,53-54,56-69H2,1-3H3/b10-7-,11-8-,19-16-,20-17-,26-24-,29-28-,46-25-,55-52-. The van der Waals surface area contributed by atoms with Crippen molar-refractivity contribution in [2.45, 2.75) is 335 Å². The molecule has 0 spiro atoms. The zero-order valence-corrected chi connectivity index (χ0v) is 52.1. The third kappa shape index (κ3) is 65.0. The molecular formula is C73H126O6. The lowest BCUT2D eigenvalue weighted by Gasteiger charge is -2.18. The van der Waals surface area contributed by atoms with E-state index in [1.165, 1.54) is 180 Å². The Morgan fingerprint density at radius 3 is 0.797 bits per heavy atom. The summed E-state index contributed by atoms with van der Waals surface area (Å²) in [5.41, 5.74) is 0. The van der Waals surface area contributed by atoms with Gasteiger partial charge in [0.2, 0.25) is 0 Å². The fourth-order valence-corrected chi connectivity index (χ4v) is 9.60. The summed E-state index contributed by atoms with van der Waals surface area (Å²) in [6.45, 7) is 6.40. The largest absolute Gasteiger partial charge is 0.462 e. The van der Waals surface area contributed by atoms with Gasteiger partial charge < -0.3 is 14.2 Å². The molecule has 0 rings (SSSR count). The molecule has 0 aliphatic carbocycles. The minimum Gasteiger partial charge on any atom is -0.462 e. The van der Waals surface area contributed by atoms with E-state index in [1.807, 2.05) is 0 Å². The highest BCUT2D eigenvalue weighted by Gasteiger charge is 2.19. The molecule has 79 heavy (non-hydrogen) atoms. The number of esters is 3. The van der Waals surface area contributed by atoms with Crippen LogP contribution in [0.4, 0.5) is 0 Å². The molecule has 0 aromatic heterocycles. The van der Waals surface area contributed by atoms with Crippen molar-refractivity contribution in [2.24, 2.45) is 0 Å². The average Bonchev–Trinajstić information content (AvgIpc) is 3.45. The molecule has 1 atom stereocenters. The lowest BCUT2D eigenvalue weighted by molar-refractivity contribution is -0.167. The van der Waals surface area contributed by atoms with Crippen molar-refractivity contribution in [2.75, 3.05) is 13.2 Å². The number of carbonyl (C=O) groups is 3. The van der Waals surface area contributed by atoms with Crippen molar-refractivity contribution in [3.8, 4) is 0 Å². The van der Waals surface area contributed by atoms with Gasteiger partial charge in [0.25, 0.3) is 0 Å². The second-order valence-corrected chi connectivity index (χ2v) is 22.3. The highest BCUT2D eigenvalue weighted by atomic mass is 16.6. The molecule has 0 aromatic rings. The van der Waals surface area contributed by atoms with Crippen LogP contribution in [0.15, 0.2) is 97.2 Å². The van der Waals surface area contributed by atoms with Crippen LogP contribution in [0.1, 0.15) is 329 Å². The molecular weight excluding hydrogens is 973 g/mol. The molecule has 0 saturated heterocycles. The normalized spacial score (nSPS) is 12.7. The van der Waals surface area contributed by atoms with Gasteiger partial charge in [0.05, 0.1) is 0 Å². The molecule has 0 N–H and O–H groups in total. The Hall–Kier alpha value is -3.67. The number of ether oxygens (including phenoxy) is 3. The molecule has 0 aliphatic heterocycles. The van der Waals surface area contributed by atoms with E-state index in [4.69, 9.17) is 14.2 Å². The van der Waals surface area contributed by atoms with Gasteiger partial charge in [0.1, 0.15) is 13.2 Å². The Kier molecular flexibility index (Phi) is 63.7. The first-order valence-corrected chi connectivity index (χ1v) is 33.7. The molecule has 0 heterocycles. The smallest absolute Gasteiger partial charge is 0.306 e. The van der Waals surface area contributed by atoms with E-state index in [1.54, 1.807) is 0 Å². The highest BCUT2D eigenvalue weighted by Crippen LogP contribution is 2.17. The van der Waals surface area contributed by atoms with Gasteiger partial charge in [-0.25, -0.2) is 0 Å². The van der Waals surface area contributed by atoms with Crippen LogP contribution in [-0.4, -0.2) is 37.2 Å². The van der Waals surface area contributed by atoms with E-state index in [2.05, 4.69) is 118 Å². The molecule has 0 saturated carbocycles. The summed E-state index contributed by atoms with van der Waals surface area (Å²) < 4.78 is 16.9. The van der Waals surface area contributed by atoms with Crippen LogP contribution in [0.25, 0.3) is 0 Å². The molecule has 0 radical (unpaired) electrons. The van der Waals surface area contributed by atoms with Gasteiger partial charge >= 0.3 is 17.9 Å². The highest BCUT2D eigenvalue weighted by molar-refractivity contribution is 5.71. The zero-order chi connectivity index (χ0) is 57.1. The fourth-order valence-electron chi connectivity index (χ4n) is 9.60. The van der Waals surface area contributed by atoms with Gasteiger partial charge in [-0.2, -0.15) is 0 Å². The van der Waals surface area contributed by atoms with Gasteiger partial charge in [-0.05, 0) is 96.3 Å². The Labute approximate surface area is 489 Å². The summed E-state index contributed by atoms with van der Waals surface area (Å²) in [4.78, 5) is 38.2. The van der Waals surface area contributed by atoms with Crippen molar-refractivity contribution in [3.63, 3.8) is 0 Å². The lowest BCUT2D eigenvalue weighted by Crippen LogP contribution is -2.30. The summed E-state index contributed by atoms with van der Waals surface area (Å²) in [6, 6.07) is 0. The van der Waals surface area contributed by atoms with Crippen LogP contribution in [0, 0.1) is 0 Å². The molecule has 0 amide bonds. The van der Waals surface area contributed by atoms with Crippen molar-refractivity contribution < 1.29 is 28.6 Å². The minimum atomic E-state index is -0.795. The number of allylic oxidation sites excluding steroid dienone is 16. The molecule has 1 unspecified atom stereocenters. The second kappa shape index (κ2) is 66.8.